The fraction of sp³-hybridized carbons (Fsp3) is 0.444. The highest BCUT2D eigenvalue weighted by Gasteiger charge is 2.34. The van der Waals surface area contributed by atoms with E-state index in [2.05, 4.69) is 12.1 Å². The number of ketones is 1. The molecule has 0 saturated carbocycles. The van der Waals surface area contributed by atoms with Crippen LogP contribution in [-0.2, 0) is 4.79 Å². The lowest BCUT2D eigenvalue weighted by atomic mass is 9.88. The average Bonchev–Trinajstić information content (AvgIpc) is 2.88. The maximum atomic E-state index is 13.2. The van der Waals surface area contributed by atoms with Gasteiger partial charge in [0, 0.05) is 57.7 Å². The van der Waals surface area contributed by atoms with Crippen LogP contribution in [0.5, 0.6) is 0 Å². The van der Waals surface area contributed by atoms with Gasteiger partial charge in [-0.1, -0.05) is 54.6 Å². The van der Waals surface area contributed by atoms with Crippen molar-refractivity contribution < 1.29 is 14.4 Å². The van der Waals surface area contributed by atoms with Crippen molar-refractivity contribution in [3.05, 3.63) is 60.2 Å². The van der Waals surface area contributed by atoms with Gasteiger partial charge in [0.15, 0.2) is 5.78 Å². The maximum Gasteiger partial charge on any atom is 0.319 e. The van der Waals surface area contributed by atoms with Crippen LogP contribution in [0.1, 0.15) is 36.0 Å². The summed E-state index contributed by atoms with van der Waals surface area (Å²) < 4.78 is 0. The minimum atomic E-state index is -0.152. The second-order valence-corrected chi connectivity index (χ2v) is 9.37. The van der Waals surface area contributed by atoms with Crippen molar-refractivity contribution in [3.63, 3.8) is 0 Å². The molecule has 2 aromatic rings. The van der Waals surface area contributed by atoms with E-state index in [1.807, 2.05) is 52.3 Å². The first-order valence-corrected chi connectivity index (χ1v) is 11.9. The van der Waals surface area contributed by atoms with E-state index < -0.39 is 0 Å². The Balaban J connectivity index is 1.35. The second kappa shape index (κ2) is 10.2. The summed E-state index contributed by atoms with van der Waals surface area (Å²) in [5.74, 6) is 0.0540. The minimum absolute atomic E-state index is 0.00261. The molecule has 6 nitrogen and oxygen atoms in total. The van der Waals surface area contributed by atoms with Gasteiger partial charge in [-0.15, -0.1) is 0 Å². The zero-order valence-electron chi connectivity index (χ0n) is 19.6. The molecule has 0 spiro atoms. The van der Waals surface area contributed by atoms with Gasteiger partial charge in [-0.25, -0.2) is 4.79 Å². The maximum absolute atomic E-state index is 13.2. The Morgan fingerprint density at radius 2 is 1.39 bits per heavy atom. The van der Waals surface area contributed by atoms with Crippen LogP contribution in [0.2, 0.25) is 0 Å². The molecule has 0 bridgehead atoms. The summed E-state index contributed by atoms with van der Waals surface area (Å²) in [7, 11) is 3.50. The predicted octanol–water partition coefficient (Wildman–Crippen LogP) is 4.17. The van der Waals surface area contributed by atoms with Gasteiger partial charge >= 0.3 is 6.03 Å². The van der Waals surface area contributed by atoms with E-state index in [9.17, 15) is 14.4 Å². The van der Waals surface area contributed by atoms with Crippen LogP contribution in [0.15, 0.2) is 54.6 Å². The number of benzene rings is 2. The summed E-state index contributed by atoms with van der Waals surface area (Å²) in [6, 6.07) is 17.9. The number of urea groups is 1. The van der Waals surface area contributed by atoms with E-state index >= 15 is 0 Å². The molecule has 0 radical (unpaired) electrons. The lowest BCUT2D eigenvalue weighted by Crippen LogP contribution is -2.49. The van der Waals surface area contributed by atoms with E-state index in [-0.39, 0.29) is 29.6 Å². The third-order valence-corrected chi connectivity index (χ3v) is 6.88. The number of likely N-dealkylation sites (tertiary alicyclic amines) is 2. The van der Waals surface area contributed by atoms with Crippen LogP contribution >= 0.6 is 0 Å². The Morgan fingerprint density at radius 3 is 2.03 bits per heavy atom. The Labute approximate surface area is 196 Å². The third kappa shape index (κ3) is 5.27. The standard InChI is InChI=1S/C27H33N3O3/c1-28(2)27(33)29-17-14-23(15-18-29)26(32)30-16-6-9-24(19-30)25(31)22-12-10-21(11-13-22)20-7-4-3-5-8-20/h3-5,7-8,10-13,23-24H,6,9,14-19H2,1-2H3. The first kappa shape index (κ1) is 23.0. The molecule has 33 heavy (non-hydrogen) atoms. The van der Waals surface area contributed by atoms with Gasteiger partial charge in [-0.2, -0.15) is 0 Å². The van der Waals surface area contributed by atoms with Crippen LogP contribution in [-0.4, -0.2) is 72.7 Å². The van der Waals surface area contributed by atoms with Crippen LogP contribution in [0.4, 0.5) is 4.79 Å². The zero-order valence-corrected chi connectivity index (χ0v) is 19.6. The Kier molecular flexibility index (Phi) is 7.11. The molecule has 0 aliphatic carbocycles. The third-order valence-electron chi connectivity index (χ3n) is 6.88. The average molecular weight is 448 g/mol. The molecule has 0 aromatic heterocycles. The lowest BCUT2D eigenvalue weighted by molar-refractivity contribution is -0.138. The molecular weight excluding hydrogens is 414 g/mol. The second-order valence-electron chi connectivity index (χ2n) is 9.37. The number of nitrogens with zero attached hydrogens (tertiary/aromatic N) is 3. The van der Waals surface area contributed by atoms with E-state index in [0.29, 0.717) is 44.6 Å². The highest BCUT2D eigenvalue weighted by Crippen LogP contribution is 2.27. The van der Waals surface area contributed by atoms with E-state index in [1.54, 1.807) is 19.0 Å². The van der Waals surface area contributed by atoms with E-state index in [4.69, 9.17) is 0 Å². The predicted molar refractivity (Wildman–Crippen MR) is 129 cm³/mol. The molecule has 2 heterocycles. The molecule has 4 rings (SSSR count). The Hall–Kier alpha value is -3.15. The van der Waals surface area contributed by atoms with Crippen molar-refractivity contribution in [1.82, 2.24) is 14.7 Å². The van der Waals surface area contributed by atoms with E-state index in [1.165, 1.54) is 0 Å². The number of hydrogen-bond donors (Lipinski definition) is 0. The van der Waals surface area contributed by atoms with E-state index in [0.717, 1.165) is 24.0 Å². The number of hydrogen-bond acceptors (Lipinski definition) is 3. The summed E-state index contributed by atoms with van der Waals surface area (Å²) in [5, 5.41) is 0. The quantitative estimate of drug-likeness (QED) is 0.661. The van der Waals surface area contributed by atoms with Gasteiger partial charge in [0.2, 0.25) is 5.91 Å². The summed E-state index contributed by atoms with van der Waals surface area (Å²) in [6.45, 7) is 2.43. The van der Waals surface area contributed by atoms with Crippen LogP contribution in [0.3, 0.4) is 0 Å². The summed E-state index contributed by atoms with van der Waals surface area (Å²) in [4.78, 5) is 43.8. The number of carbonyl (C=O) groups excluding carboxylic acids is 3. The summed E-state index contributed by atoms with van der Waals surface area (Å²) in [6.07, 6.45) is 3.05. The molecule has 2 saturated heterocycles. The zero-order chi connectivity index (χ0) is 23.4. The van der Waals surface area contributed by atoms with Crippen molar-refractivity contribution in [2.24, 2.45) is 11.8 Å². The van der Waals surface area contributed by atoms with Gasteiger partial charge in [0.05, 0.1) is 0 Å². The topological polar surface area (TPSA) is 60.9 Å². The molecule has 2 aromatic carbocycles. The minimum Gasteiger partial charge on any atom is -0.342 e. The molecule has 1 atom stereocenters. The van der Waals surface area contributed by atoms with Crippen LogP contribution in [0, 0.1) is 11.8 Å². The lowest BCUT2D eigenvalue weighted by Gasteiger charge is -2.38. The molecule has 0 N–H and O–H groups in total. The summed E-state index contributed by atoms with van der Waals surface area (Å²) in [5.41, 5.74) is 2.93. The van der Waals surface area contributed by atoms with Crippen LogP contribution < -0.4 is 0 Å². The SMILES string of the molecule is CN(C)C(=O)N1CCC(C(=O)N2CCCC(C(=O)c3ccc(-c4ccccc4)cc3)C2)CC1. The summed E-state index contributed by atoms with van der Waals surface area (Å²) >= 11 is 0. The van der Waals surface area contributed by atoms with Gasteiger partial charge in [-0.3, -0.25) is 9.59 Å². The smallest absolute Gasteiger partial charge is 0.319 e. The van der Waals surface area contributed by atoms with Crippen molar-refractivity contribution >= 4 is 17.7 Å². The van der Waals surface area contributed by atoms with Gasteiger partial charge < -0.3 is 14.7 Å². The molecule has 1 unspecified atom stereocenters. The molecule has 6 heteroatoms. The number of piperidine rings is 2. The Bertz CT molecular complexity index is 979. The monoisotopic (exact) mass is 447 g/mol. The van der Waals surface area contributed by atoms with Crippen molar-refractivity contribution in [2.45, 2.75) is 25.7 Å². The van der Waals surface area contributed by atoms with Crippen LogP contribution in [0.25, 0.3) is 11.1 Å². The van der Waals surface area contributed by atoms with Crippen molar-refractivity contribution in [2.75, 3.05) is 40.3 Å². The molecule has 2 aliphatic rings. The van der Waals surface area contributed by atoms with Crippen molar-refractivity contribution in [1.29, 1.82) is 0 Å². The molecule has 174 valence electrons. The largest absolute Gasteiger partial charge is 0.342 e. The van der Waals surface area contributed by atoms with Crippen molar-refractivity contribution in [3.8, 4) is 11.1 Å². The van der Waals surface area contributed by atoms with Gasteiger partial charge in [-0.05, 0) is 36.8 Å². The molecule has 2 fully saturated rings. The fourth-order valence-electron chi connectivity index (χ4n) is 4.94. The molecule has 3 amide bonds. The first-order chi connectivity index (χ1) is 15.9. The number of rotatable bonds is 4. The Morgan fingerprint density at radius 1 is 0.758 bits per heavy atom. The normalized spacial score (nSPS) is 19.3. The number of carbonyl (C=O) groups is 3. The number of amides is 3. The fourth-order valence-corrected chi connectivity index (χ4v) is 4.94. The number of Topliss-reactive ketones (excluding diaryl/α,β-unsaturated/α-hetero) is 1. The highest BCUT2D eigenvalue weighted by atomic mass is 16.2. The molecular formula is C27H33N3O3. The molecule has 2 aliphatic heterocycles. The van der Waals surface area contributed by atoms with Gasteiger partial charge in [0.25, 0.3) is 0 Å². The first-order valence-electron chi connectivity index (χ1n) is 11.9. The highest BCUT2D eigenvalue weighted by molar-refractivity contribution is 5.98. The van der Waals surface area contributed by atoms with Gasteiger partial charge in [0.1, 0.15) is 0 Å².